The van der Waals surface area contributed by atoms with Gasteiger partial charge in [0.25, 0.3) is 0 Å². The second kappa shape index (κ2) is 6.66. The van der Waals surface area contributed by atoms with Gasteiger partial charge in [-0.3, -0.25) is 0 Å². The molecule has 1 heterocycles. The first kappa shape index (κ1) is 16.1. The third-order valence-electron chi connectivity index (χ3n) is 3.49. The van der Waals surface area contributed by atoms with Crippen LogP contribution in [0.4, 0.5) is 0 Å². The van der Waals surface area contributed by atoms with E-state index in [4.69, 9.17) is 0 Å². The van der Waals surface area contributed by atoms with Gasteiger partial charge in [-0.2, -0.15) is 11.8 Å². The molecule has 0 radical (unpaired) electrons. The number of carboxylic acids is 1. The van der Waals surface area contributed by atoms with Crippen LogP contribution in [0.1, 0.15) is 18.4 Å². The molecule has 1 aliphatic rings. The summed E-state index contributed by atoms with van der Waals surface area (Å²) in [5.74, 6) is 1.43. The molecule has 0 bridgehead atoms. The predicted octanol–water partition coefficient (Wildman–Crippen LogP) is 2.70. The quantitative estimate of drug-likeness (QED) is 0.861. The Morgan fingerprint density at radius 1 is 1.24 bits per heavy atom. The lowest BCUT2D eigenvalue weighted by molar-refractivity contribution is -0.130. The molecule has 1 saturated heterocycles. The van der Waals surface area contributed by atoms with Crippen molar-refractivity contribution < 1.29 is 18.3 Å². The fourth-order valence-corrected chi connectivity index (χ4v) is 4.06. The van der Waals surface area contributed by atoms with E-state index in [0.717, 1.165) is 30.6 Å². The van der Waals surface area contributed by atoms with E-state index in [1.54, 1.807) is 12.1 Å². The van der Waals surface area contributed by atoms with Crippen molar-refractivity contribution in [3.8, 4) is 0 Å². The third kappa shape index (κ3) is 4.35. The van der Waals surface area contributed by atoms with E-state index in [-0.39, 0.29) is 16.4 Å². The summed E-state index contributed by atoms with van der Waals surface area (Å²) in [6, 6.07) is 6.04. The van der Waals surface area contributed by atoms with Crippen LogP contribution in [0.2, 0.25) is 0 Å². The fourth-order valence-electron chi connectivity index (χ4n) is 2.29. The maximum atomic E-state index is 11.5. The fraction of sp³-hybridized carbons (Fsp3) is 0.400. The van der Waals surface area contributed by atoms with Crippen LogP contribution in [0.15, 0.2) is 35.2 Å². The molecule has 1 aromatic rings. The predicted molar refractivity (Wildman–Crippen MR) is 85.2 cm³/mol. The van der Waals surface area contributed by atoms with E-state index in [1.807, 2.05) is 17.8 Å². The minimum atomic E-state index is -3.26. The molecule has 0 amide bonds. The summed E-state index contributed by atoms with van der Waals surface area (Å²) in [6.07, 6.45) is 4.93. The third-order valence-corrected chi connectivity index (χ3v) is 5.67. The van der Waals surface area contributed by atoms with E-state index in [0.29, 0.717) is 5.56 Å². The van der Waals surface area contributed by atoms with Crippen molar-refractivity contribution in [3.05, 3.63) is 35.9 Å². The summed E-state index contributed by atoms with van der Waals surface area (Å²) in [4.78, 5) is 11.7. The number of rotatable bonds is 4. The van der Waals surface area contributed by atoms with Gasteiger partial charge in [-0.05, 0) is 48.0 Å². The van der Waals surface area contributed by atoms with Gasteiger partial charge >= 0.3 is 5.97 Å². The lowest BCUT2D eigenvalue weighted by atomic mass is 9.96. The summed E-state index contributed by atoms with van der Waals surface area (Å²) in [7, 11) is -3.26. The molecule has 0 unspecified atom stereocenters. The molecule has 1 fully saturated rings. The molecule has 1 N–H and O–H groups in total. The molecule has 0 aliphatic carbocycles. The van der Waals surface area contributed by atoms with Crippen molar-refractivity contribution in [2.75, 3.05) is 17.8 Å². The molecule has 114 valence electrons. The van der Waals surface area contributed by atoms with E-state index in [1.165, 1.54) is 12.1 Å². The average Bonchev–Trinajstić information content (AvgIpc) is 2.45. The molecule has 0 spiro atoms. The molecular formula is C15H18O4S2. The molecule has 0 atom stereocenters. The Bertz CT molecular complexity index is 639. The monoisotopic (exact) mass is 326 g/mol. The van der Waals surface area contributed by atoms with Gasteiger partial charge in [0, 0.05) is 6.26 Å². The first-order valence-electron chi connectivity index (χ1n) is 6.71. The van der Waals surface area contributed by atoms with Gasteiger partial charge in [0.15, 0.2) is 9.84 Å². The Morgan fingerprint density at radius 2 is 1.81 bits per heavy atom. The van der Waals surface area contributed by atoms with Crippen LogP contribution < -0.4 is 0 Å². The standard InChI is InChI=1S/C15H18O4S2/c1-21(18,19)13-4-2-12(3-5-13)14(15(16)17)10-11-6-8-20-9-7-11/h2-5,10-11H,6-9H2,1H3,(H,16,17). The van der Waals surface area contributed by atoms with Gasteiger partial charge in [0.1, 0.15) is 0 Å². The van der Waals surface area contributed by atoms with Gasteiger partial charge < -0.3 is 5.11 Å². The topological polar surface area (TPSA) is 71.4 Å². The Labute approximate surface area is 129 Å². The van der Waals surface area contributed by atoms with Crippen LogP contribution in [-0.4, -0.2) is 37.3 Å². The first-order valence-corrected chi connectivity index (χ1v) is 9.76. The van der Waals surface area contributed by atoms with Crippen molar-refractivity contribution in [1.29, 1.82) is 0 Å². The zero-order chi connectivity index (χ0) is 15.5. The number of hydrogen-bond donors (Lipinski definition) is 1. The van der Waals surface area contributed by atoms with Crippen LogP contribution in [0.25, 0.3) is 5.57 Å². The van der Waals surface area contributed by atoms with Crippen molar-refractivity contribution in [1.82, 2.24) is 0 Å². The number of allylic oxidation sites excluding steroid dienone is 1. The molecule has 0 saturated carbocycles. The van der Waals surface area contributed by atoms with Crippen molar-refractivity contribution in [2.24, 2.45) is 5.92 Å². The molecule has 4 nitrogen and oxygen atoms in total. The number of thioether (sulfide) groups is 1. The van der Waals surface area contributed by atoms with Crippen LogP contribution in [-0.2, 0) is 14.6 Å². The highest BCUT2D eigenvalue weighted by molar-refractivity contribution is 7.99. The SMILES string of the molecule is CS(=O)(=O)c1ccc(C(=CC2CCSCC2)C(=O)O)cc1. The van der Waals surface area contributed by atoms with Crippen LogP contribution >= 0.6 is 11.8 Å². The van der Waals surface area contributed by atoms with Gasteiger partial charge in [0.05, 0.1) is 10.5 Å². The number of hydrogen-bond acceptors (Lipinski definition) is 4. The molecule has 1 aromatic carbocycles. The second-order valence-electron chi connectivity index (χ2n) is 5.13. The summed E-state index contributed by atoms with van der Waals surface area (Å²) in [5.41, 5.74) is 0.806. The van der Waals surface area contributed by atoms with Crippen molar-refractivity contribution >= 4 is 33.1 Å². The zero-order valence-electron chi connectivity index (χ0n) is 11.8. The summed E-state index contributed by atoms with van der Waals surface area (Å²) >= 11 is 1.89. The van der Waals surface area contributed by atoms with E-state index in [9.17, 15) is 18.3 Å². The Morgan fingerprint density at radius 3 is 2.29 bits per heavy atom. The highest BCUT2D eigenvalue weighted by Gasteiger charge is 2.17. The molecule has 21 heavy (non-hydrogen) atoms. The number of carbonyl (C=O) groups is 1. The number of aliphatic carboxylic acids is 1. The van der Waals surface area contributed by atoms with Gasteiger partial charge in [-0.1, -0.05) is 18.2 Å². The van der Waals surface area contributed by atoms with Crippen LogP contribution in [0.3, 0.4) is 0 Å². The average molecular weight is 326 g/mol. The van der Waals surface area contributed by atoms with Gasteiger partial charge in [-0.25, -0.2) is 13.2 Å². The largest absolute Gasteiger partial charge is 0.478 e. The van der Waals surface area contributed by atoms with E-state index in [2.05, 4.69) is 0 Å². The Kier molecular flexibility index (Phi) is 5.11. The van der Waals surface area contributed by atoms with E-state index >= 15 is 0 Å². The van der Waals surface area contributed by atoms with Gasteiger partial charge in [-0.15, -0.1) is 0 Å². The van der Waals surface area contributed by atoms with Crippen molar-refractivity contribution in [3.63, 3.8) is 0 Å². The van der Waals surface area contributed by atoms with Crippen LogP contribution in [0.5, 0.6) is 0 Å². The molecule has 1 aliphatic heterocycles. The second-order valence-corrected chi connectivity index (χ2v) is 8.37. The number of carboxylic acid groups (broad SMARTS) is 1. The lowest BCUT2D eigenvalue weighted by Crippen LogP contribution is -2.10. The minimum absolute atomic E-state index is 0.199. The highest BCUT2D eigenvalue weighted by Crippen LogP contribution is 2.27. The summed E-state index contributed by atoms with van der Waals surface area (Å²) < 4.78 is 22.9. The lowest BCUT2D eigenvalue weighted by Gasteiger charge is -2.18. The first-order chi connectivity index (χ1) is 9.88. The van der Waals surface area contributed by atoms with Gasteiger partial charge in [0.2, 0.25) is 0 Å². The maximum absolute atomic E-state index is 11.5. The molecule has 0 aromatic heterocycles. The van der Waals surface area contributed by atoms with Crippen LogP contribution in [0, 0.1) is 5.92 Å². The Balaban J connectivity index is 2.30. The van der Waals surface area contributed by atoms with E-state index < -0.39 is 15.8 Å². The molecule has 2 rings (SSSR count). The molecular weight excluding hydrogens is 308 g/mol. The highest BCUT2D eigenvalue weighted by atomic mass is 32.2. The normalized spacial score (nSPS) is 17.7. The smallest absolute Gasteiger partial charge is 0.335 e. The number of sulfone groups is 1. The minimum Gasteiger partial charge on any atom is -0.478 e. The summed E-state index contributed by atoms with van der Waals surface area (Å²) in [5, 5.41) is 9.39. The zero-order valence-corrected chi connectivity index (χ0v) is 13.4. The molecule has 6 heteroatoms. The summed E-state index contributed by atoms with van der Waals surface area (Å²) in [6.45, 7) is 0. The maximum Gasteiger partial charge on any atom is 0.335 e. The number of benzene rings is 1. The Hall–Kier alpha value is -1.27. The van der Waals surface area contributed by atoms with Crippen molar-refractivity contribution in [2.45, 2.75) is 17.7 Å².